The molecule has 8 nitrogen and oxygen atoms in total. The summed E-state index contributed by atoms with van der Waals surface area (Å²) in [6.45, 7) is -0.325. The topological polar surface area (TPSA) is 128 Å². The van der Waals surface area contributed by atoms with Gasteiger partial charge in [-0.1, -0.05) is 35.3 Å². The minimum absolute atomic E-state index is 0. The summed E-state index contributed by atoms with van der Waals surface area (Å²) in [6.07, 6.45) is 0. The van der Waals surface area contributed by atoms with Crippen LogP contribution in [0.5, 0.6) is 11.5 Å². The number of amides is 2. The van der Waals surface area contributed by atoms with Crippen LogP contribution in [0.2, 0.25) is 10.0 Å². The quantitative estimate of drug-likeness (QED) is 0.402. The molecule has 0 saturated heterocycles. The molecule has 2 amide bonds. The van der Waals surface area contributed by atoms with E-state index < -0.39 is 21.8 Å². The lowest BCUT2D eigenvalue weighted by atomic mass is 10.2. The van der Waals surface area contributed by atoms with E-state index in [0.717, 1.165) is 0 Å². The van der Waals surface area contributed by atoms with Crippen molar-refractivity contribution in [3.8, 4) is 11.5 Å². The van der Waals surface area contributed by atoms with Crippen LogP contribution in [0.1, 0.15) is 10.4 Å². The lowest BCUT2D eigenvalue weighted by Gasteiger charge is -2.14. The third-order valence-electron chi connectivity index (χ3n) is 4.10. The molecule has 174 valence electrons. The highest BCUT2D eigenvalue weighted by Gasteiger charge is 2.18. The van der Waals surface area contributed by atoms with Gasteiger partial charge >= 0.3 is 0 Å². The van der Waals surface area contributed by atoms with Crippen LogP contribution in [0.15, 0.2) is 71.6 Å². The molecule has 0 bridgehead atoms. The second-order valence-electron chi connectivity index (χ2n) is 6.45. The first-order valence-corrected chi connectivity index (χ1v) is 11.3. The van der Waals surface area contributed by atoms with E-state index in [-0.39, 0.29) is 45.9 Å². The third-order valence-corrected chi connectivity index (χ3v) is 6.01. The zero-order chi connectivity index (χ0) is 23.3. The lowest BCUT2D eigenvalue weighted by molar-refractivity contribution is -0.117. The van der Waals surface area contributed by atoms with Gasteiger partial charge in [0.2, 0.25) is 5.91 Å². The maximum Gasteiger partial charge on any atom is 0.262 e. The van der Waals surface area contributed by atoms with Crippen molar-refractivity contribution >= 4 is 63.1 Å². The number of rotatable bonds is 8. The molecule has 12 heteroatoms. The molecule has 3 aromatic rings. The Hall–Kier alpha value is -2.98. The van der Waals surface area contributed by atoms with E-state index >= 15 is 0 Å². The molecule has 0 atom stereocenters. The number of nitrogens with two attached hydrogens (primary N) is 1. The minimum Gasteiger partial charge on any atom is -0.454 e. The van der Waals surface area contributed by atoms with Gasteiger partial charge in [0.25, 0.3) is 15.9 Å². The van der Waals surface area contributed by atoms with Crippen molar-refractivity contribution in [2.45, 2.75) is 4.90 Å². The number of halogens is 3. The zero-order valence-corrected chi connectivity index (χ0v) is 19.9. The Morgan fingerprint density at radius 1 is 0.939 bits per heavy atom. The maximum absolute atomic E-state index is 12.8. The van der Waals surface area contributed by atoms with E-state index in [1.165, 1.54) is 36.4 Å². The smallest absolute Gasteiger partial charge is 0.262 e. The number of sulfonamides is 1. The largest absolute Gasteiger partial charge is 0.454 e. The highest BCUT2D eigenvalue weighted by Crippen LogP contribution is 2.35. The zero-order valence-electron chi connectivity index (χ0n) is 16.7. The molecular weight excluding hydrogens is 513 g/mol. The summed E-state index contributed by atoms with van der Waals surface area (Å²) in [5, 5.41) is 3.02. The molecule has 4 N–H and O–H groups in total. The summed E-state index contributed by atoms with van der Waals surface area (Å²) in [7, 11) is -4.00. The fourth-order valence-electron chi connectivity index (χ4n) is 2.58. The number of hydrogen-bond donors (Lipinski definition) is 3. The van der Waals surface area contributed by atoms with Crippen LogP contribution in [0, 0.1) is 0 Å². The van der Waals surface area contributed by atoms with Crippen LogP contribution in [0.25, 0.3) is 0 Å². The van der Waals surface area contributed by atoms with E-state index in [1.54, 1.807) is 30.3 Å². The minimum atomic E-state index is -4.00. The molecule has 0 aromatic heterocycles. The standard InChI is InChI=1S/C21H17Cl2N3O5S.ClH/c22-14-7-10-18(16(23)11-14)31-19-4-2-1-3-17(19)26-32(29,30)15-8-5-13(6-9-15)21(28)25-12-20(24)27;/h1-11,26H,12H2,(H2,24,27)(H,25,28);1H. The first kappa shape index (κ1) is 26.3. The monoisotopic (exact) mass is 529 g/mol. The number of para-hydroxylation sites is 2. The summed E-state index contributed by atoms with van der Waals surface area (Å²) in [5.74, 6) is -0.724. The summed E-state index contributed by atoms with van der Waals surface area (Å²) < 4.78 is 33.9. The number of primary amides is 1. The molecule has 0 spiro atoms. The first-order chi connectivity index (χ1) is 15.2. The number of nitrogens with one attached hydrogen (secondary N) is 2. The number of benzene rings is 3. The molecule has 0 radical (unpaired) electrons. The van der Waals surface area contributed by atoms with Crippen molar-refractivity contribution in [1.82, 2.24) is 5.32 Å². The Morgan fingerprint density at radius 2 is 1.61 bits per heavy atom. The summed E-state index contributed by atoms with van der Waals surface area (Å²) in [4.78, 5) is 22.6. The Morgan fingerprint density at radius 3 is 2.24 bits per heavy atom. The van der Waals surface area contributed by atoms with Gasteiger partial charge in [-0.3, -0.25) is 14.3 Å². The number of carbonyl (C=O) groups excluding carboxylic acids is 2. The molecule has 0 aliphatic carbocycles. The van der Waals surface area contributed by atoms with E-state index in [4.69, 9.17) is 33.7 Å². The Bertz CT molecular complexity index is 1270. The van der Waals surface area contributed by atoms with Gasteiger partial charge in [0.05, 0.1) is 22.2 Å². The molecule has 0 unspecified atom stereocenters. The normalized spacial score (nSPS) is 10.6. The van der Waals surface area contributed by atoms with Gasteiger partial charge in [0.1, 0.15) is 5.75 Å². The molecule has 3 rings (SSSR count). The molecule has 3 aromatic carbocycles. The molecule has 0 heterocycles. The Kier molecular flexibility index (Phi) is 8.95. The fraction of sp³-hybridized carbons (Fsp3) is 0.0476. The second-order valence-corrected chi connectivity index (χ2v) is 8.98. The average molecular weight is 531 g/mol. The van der Waals surface area contributed by atoms with Crippen LogP contribution in [0.4, 0.5) is 5.69 Å². The van der Waals surface area contributed by atoms with Crippen LogP contribution in [0.3, 0.4) is 0 Å². The summed E-state index contributed by atoms with van der Waals surface area (Å²) >= 11 is 12.0. The van der Waals surface area contributed by atoms with Crippen LogP contribution < -0.4 is 20.5 Å². The maximum atomic E-state index is 12.8. The molecule has 0 aliphatic heterocycles. The van der Waals surface area contributed by atoms with Crippen LogP contribution in [-0.2, 0) is 14.8 Å². The van der Waals surface area contributed by atoms with Gasteiger partial charge in [-0.2, -0.15) is 0 Å². The van der Waals surface area contributed by atoms with Crippen LogP contribution >= 0.6 is 35.6 Å². The first-order valence-electron chi connectivity index (χ1n) is 9.07. The Balaban J connectivity index is 0.00000385. The third kappa shape index (κ3) is 7.00. The molecule has 0 fully saturated rings. The van der Waals surface area contributed by atoms with Gasteiger partial charge in [0, 0.05) is 10.6 Å². The van der Waals surface area contributed by atoms with E-state index in [0.29, 0.717) is 10.8 Å². The van der Waals surface area contributed by atoms with Gasteiger partial charge in [0.15, 0.2) is 5.75 Å². The highest BCUT2D eigenvalue weighted by molar-refractivity contribution is 7.92. The van der Waals surface area contributed by atoms with Crippen molar-refractivity contribution < 1.29 is 22.7 Å². The average Bonchev–Trinajstić information content (AvgIpc) is 2.75. The summed E-state index contributed by atoms with van der Waals surface area (Å²) in [5.41, 5.74) is 5.34. The SMILES string of the molecule is Cl.NC(=O)CNC(=O)c1ccc(S(=O)(=O)Nc2ccccc2Oc2ccc(Cl)cc2Cl)cc1. The van der Waals surface area contributed by atoms with Gasteiger partial charge in [-0.25, -0.2) is 8.42 Å². The highest BCUT2D eigenvalue weighted by atomic mass is 35.5. The number of carbonyl (C=O) groups is 2. The molecule has 33 heavy (non-hydrogen) atoms. The molecule has 0 aliphatic rings. The van der Waals surface area contributed by atoms with E-state index in [9.17, 15) is 18.0 Å². The molecule has 0 saturated carbocycles. The van der Waals surface area contributed by atoms with Crippen molar-refractivity contribution in [1.29, 1.82) is 0 Å². The predicted molar refractivity (Wildman–Crippen MR) is 129 cm³/mol. The Labute approximate surface area is 206 Å². The number of ether oxygens (including phenoxy) is 1. The van der Waals surface area contributed by atoms with Gasteiger partial charge in [-0.05, 0) is 54.6 Å². The second kappa shape index (κ2) is 11.2. The van der Waals surface area contributed by atoms with Crippen molar-refractivity contribution in [2.24, 2.45) is 5.73 Å². The fourth-order valence-corrected chi connectivity index (χ4v) is 4.09. The van der Waals surface area contributed by atoms with Gasteiger partial charge < -0.3 is 15.8 Å². The van der Waals surface area contributed by atoms with E-state index in [2.05, 4.69) is 10.0 Å². The van der Waals surface area contributed by atoms with Crippen molar-refractivity contribution in [3.63, 3.8) is 0 Å². The molecular formula is C21H18Cl3N3O5S. The van der Waals surface area contributed by atoms with Gasteiger partial charge in [-0.15, -0.1) is 12.4 Å². The number of anilines is 1. The number of hydrogen-bond acceptors (Lipinski definition) is 5. The predicted octanol–water partition coefficient (Wildman–Crippen LogP) is 4.22. The summed E-state index contributed by atoms with van der Waals surface area (Å²) in [6, 6.07) is 16.3. The van der Waals surface area contributed by atoms with Crippen molar-refractivity contribution in [2.75, 3.05) is 11.3 Å². The van der Waals surface area contributed by atoms with Crippen LogP contribution in [-0.4, -0.2) is 26.8 Å². The lowest BCUT2D eigenvalue weighted by Crippen LogP contribution is -2.33. The van der Waals surface area contributed by atoms with E-state index in [1.807, 2.05) is 0 Å². The van der Waals surface area contributed by atoms with Crippen molar-refractivity contribution in [3.05, 3.63) is 82.3 Å².